The SMILES string of the molecule is CCc1nc(NC2CCCN(c3cccc(C)c3)C2)c2cccc(C(N)=O)c2n1. The lowest BCUT2D eigenvalue weighted by Crippen LogP contribution is -2.42. The highest BCUT2D eigenvalue weighted by Gasteiger charge is 2.22. The zero-order valence-electron chi connectivity index (χ0n) is 17.0. The summed E-state index contributed by atoms with van der Waals surface area (Å²) >= 11 is 0. The highest BCUT2D eigenvalue weighted by molar-refractivity contribution is 6.07. The monoisotopic (exact) mass is 389 g/mol. The van der Waals surface area contributed by atoms with Gasteiger partial charge in [0.2, 0.25) is 0 Å². The number of hydrogen-bond donors (Lipinski definition) is 2. The number of hydrogen-bond acceptors (Lipinski definition) is 5. The molecule has 1 unspecified atom stereocenters. The number of nitrogens with two attached hydrogens (primary N) is 1. The van der Waals surface area contributed by atoms with Crippen molar-refractivity contribution in [3.8, 4) is 0 Å². The number of fused-ring (bicyclic) bond motifs is 1. The van der Waals surface area contributed by atoms with Gasteiger partial charge in [0.05, 0.1) is 11.1 Å². The van der Waals surface area contributed by atoms with Gasteiger partial charge in [-0.1, -0.05) is 25.1 Å². The highest BCUT2D eigenvalue weighted by Crippen LogP contribution is 2.27. The number of para-hydroxylation sites is 1. The molecular weight excluding hydrogens is 362 g/mol. The maximum absolute atomic E-state index is 11.9. The summed E-state index contributed by atoms with van der Waals surface area (Å²) in [5, 5.41) is 4.47. The van der Waals surface area contributed by atoms with Crippen LogP contribution in [0.3, 0.4) is 0 Å². The molecule has 3 N–H and O–H groups in total. The van der Waals surface area contributed by atoms with Crippen LogP contribution in [0.15, 0.2) is 42.5 Å². The smallest absolute Gasteiger partial charge is 0.250 e. The van der Waals surface area contributed by atoms with Crippen molar-refractivity contribution in [3.63, 3.8) is 0 Å². The van der Waals surface area contributed by atoms with Crippen molar-refractivity contribution in [2.75, 3.05) is 23.3 Å². The molecule has 3 aromatic rings. The van der Waals surface area contributed by atoms with Gasteiger partial charge in [0.25, 0.3) is 5.91 Å². The summed E-state index contributed by atoms with van der Waals surface area (Å²) < 4.78 is 0. The van der Waals surface area contributed by atoms with E-state index in [1.165, 1.54) is 11.3 Å². The number of piperidine rings is 1. The predicted molar refractivity (Wildman–Crippen MR) is 117 cm³/mol. The van der Waals surface area contributed by atoms with E-state index in [1.54, 1.807) is 6.07 Å². The molecule has 1 fully saturated rings. The second-order valence-electron chi connectivity index (χ2n) is 7.68. The third-order valence-corrected chi connectivity index (χ3v) is 5.48. The van der Waals surface area contributed by atoms with E-state index < -0.39 is 5.91 Å². The molecule has 0 bridgehead atoms. The number of carbonyl (C=O) groups is 1. The number of benzene rings is 2. The van der Waals surface area contributed by atoms with Crippen molar-refractivity contribution in [1.82, 2.24) is 9.97 Å². The van der Waals surface area contributed by atoms with E-state index in [4.69, 9.17) is 10.7 Å². The average molecular weight is 390 g/mol. The van der Waals surface area contributed by atoms with Gasteiger partial charge in [0.1, 0.15) is 11.6 Å². The van der Waals surface area contributed by atoms with Gasteiger partial charge >= 0.3 is 0 Å². The lowest BCUT2D eigenvalue weighted by molar-refractivity contribution is 0.100. The molecule has 0 radical (unpaired) electrons. The Labute approximate surface area is 171 Å². The summed E-state index contributed by atoms with van der Waals surface area (Å²) in [6.07, 6.45) is 2.88. The molecule has 29 heavy (non-hydrogen) atoms. The fourth-order valence-corrected chi connectivity index (χ4v) is 4.01. The van der Waals surface area contributed by atoms with Crippen LogP contribution in [0.1, 0.15) is 41.5 Å². The van der Waals surface area contributed by atoms with Gasteiger partial charge in [0, 0.05) is 36.6 Å². The summed E-state index contributed by atoms with van der Waals surface area (Å²) in [5.41, 5.74) is 9.17. The van der Waals surface area contributed by atoms with Gasteiger partial charge in [-0.25, -0.2) is 9.97 Å². The zero-order valence-corrected chi connectivity index (χ0v) is 17.0. The third-order valence-electron chi connectivity index (χ3n) is 5.48. The van der Waals surface area contributed by atoms with Crippen molar-refractivity contribution < 1.29 is 4.79 Å². The Kier molecular flexibility index (Phi) is 5.34. The van der Waals surface area contributed by atoms with Crippen LogP contribution in [0, 0.1) is 6.92 Å². The lowest BCUT2D eigenvalue weighted by atomic mass is 10.0. The van der Waals surface area contributed by atoms with E-state index in [2.05, 4.69) is 46.4 Å². The minimum absolute atomic E-state index is 0.268. The molecule has 6 nitrogen and oxygen atoms in total. The number of anilines is 2. The number of nitrogens with one attached hydrogen (secondary N) is 1. The van der Waals surface area contributed by atoms with Crippen LogP contribution < -0.4 is 16.0 Å². The van der Waals surface area contributed by atoms with Crippen molar-refractivity contribution in [2.45, 2.75) is 39.2 Å². The van der Waals surface area contributed by atoms with Gasteiger partial charge in [-0.15, -0.1) is 0 Å². The van der Waals surface area contributed by atoms with Crippen LogP contribution in [0.2, 0.25) is 0 Å². The topological polar surface area (TPSA) is 84.1 Å². The van der Waals surface area contributed by atoms with E-state index in [-0.39, 0.29) is 6.04 Å². The molecule has 4 rings (SSSR count). The Balaban J connectivity index is 1.65. The Hall–Kier alpha value is -3.15. The van der Waals surface area contributed by atoms with Crippen LogP contribution in [0.4, 0.5) is 11.5 Å². The summed E-state index contributed by atoms with van der Waals surface area (Å²) in [4.78, 5) is 23.6. The zero-order chi connectivity index (χ0) is 20.4. The van der Waals surface area contributed by atoms with E-state index in [1.807, 2.05) is 19.1 Å². The normalized spacial score (nSPS) is 16.8. The summed E-state index contributed by atoms with van der Waals surface area (Å²) in [7, 11) is 0. The quantitative estimate of drug-likeness (QED) is 0.695. The van der Waals surface area contributed by atoms with Crippen LogP contribution >= 0.6 is 0 Å². The van der Waals surface area contributed by atoms with Crippen LogP contribution in [-0.4, -0.2) is 35.0 Å². The van der Waals surface area contributed by atoms with E-state index >= 15 is 0 Å². The van der Waals surface area contributed by atoms with Gasteiger partial charge in [-0.3, -0.25) is 4.79 Å². The molecule has 1 atom stereocenters. The second-order valence-corrected chi connectivity index (χ2v) is 7.68. The number of rotatable bonds is 5. The van der Waals surface area contributed by atoms with Gasteiger partial charge in [-0.2, -0.15) is 0 Å². The first-order chi connectivity index (χ1) is 14.0. The fraction of sp³-hybridized carbons (Fsp3) is 0.348. The Bertz CT molecular complexity index is 1050. The molecule has 2 heterocycles. The maximum Gasteiger partial charge on any atom is 0.250 e. The third kappa shape index (κ3) is 4.01. The molecule has 150 valence electrons. The van der Waals surface area contributed by atoms with E-state index in [0.29, 0.717) is 23.3 Å². The number of amides is 1. The maximum atomic E-state index is 11.9. The van der Waals surface area contributed by atoms with Crippen molar-refractivity contribution in [3.05, 3.63) is 59.4 Å². The van der Waals surface area contributed by atoms with Crippen molar-refractivity contribution in [2.24, 2.45) is 5.73 Å². The summed E-state index contributed by atoms with van der Waals surface area (Å²) in [6.45, 7) is 6.10. The Morgan fingerprint density at radius 3 is 2.83 bits per heavy atom. The van der Waals surface area contributed by atoms with Crippen LogP contribution in [0.25, 0.3) is 10.9 Å². The number of aryl methyl sites for hydroxylation is 2. The highest BCUT2D eigenvalue weighted by atomic mass is 16.1. The lowest BCUT2D eigenvalue weighted by Gasteiger charge is -2.35. The molecule has 1 aliphatic rings. The first-order valence-electron chi connectivity index (χ1n) is 10.2. The minimum atomic E-state index is -0.467. The minimum Gasteiger partial charge on any atom is -0.369 e. The molecule has 0 aliphatic carbocycles. The number of primary amides is 1. The number of aromatic nitrogens is 2. The molecule has 1 aliphatic heterocycles. The largest absolute Gasteiger partial charge is 0.369 e. The number of nitrogens with zero attached hydrogens (tertiary/aromatic N) is 3. The Morgan fingerprint density at radius 2 is 2.07 bits per heavy atom. The molecular formula is C23H27N5O. The van der Waals surface area contributed by atoms with Gasteiger partial charge in [0.15, 0.2) is 0 Å². The van der Waals surface area contributed by atoms with Crippen LogP contribution in [-0.2, 0) is 6.42 Å². The molecule has 1 aromatic heterocycles. The molecule has 1 amide bonds. The van der Waals surface area contributed by atoms with E-state index in [9.17, 15) is 4.79 Å². The fourth-order valence-electron chi connectivity index (χ4n) is 4.01. The number of carbonyl (C=O) groups excluding carboxylic acids is 1. The molecule has 0 saturated carbocycles. The molecule has 1 saturated heterocycles. The first-order valence-corrected chi connectivity index (χ1v) is 10.2. The van der Waals surface area contributed by atoms with Gasteiger partial charge < -0.3 is 16.0 Å². The standard InChI is InChI=1S/C23H27N5O/c1-3-20-26-21-18(22(24)29)10-5-11-19(21)23(27-20)25-16-8-6-12-28(14-16)17-9-4-7-15(2)13-17/h4-5,7,9-11,13,16H,3,6,8,12,14H2,1-2H3,(H2,24,29)(H,25,26,27). The summed E-state index contributed by atoms with van der Waals surface area (Å²) in [5.74, 6) is 1.02. The molecule has 6 heteroatoms. The molecule has 2 aromatic carbocycles. The van der Waals surface area contributed by atoms with Crippen molar-refractivity contribution in [1.29, 1.82) is 0 Å². The first kappa shape index (κ1) is 19.2. The average Bonchev–Trinajstić information content (AvgIpc) is 2.73. The Morgan fingerprint density at radius 1 is 1.24 bits per heavy atom. The summed E-state index contributed by atoms with van der Waals surface area (Å²) in [6, 6.07) is 14.4. The molecule has 0 spiro atoms. The van der Waals surface area contributed by atoms with Crippen LogP contribution in [0.5, 0.6) is 0 Å². The van der Waals surface area contributed by atoms with E-state index in [0.717, 1.165) is 37.1 Å². The predicted octanol–water partition coefficient (Wildman–Crippen LogP) is 3.68. The van der Waals surface area contributed by atoms with Crippen molar-refractivity contribution >= 4 is 28.3 Å². The van der Waals surface area contributed by atoms with Gasteiger partial charge in [-0.05, 0) is 49.6 Å². The second kappa shape index (κ2) is 8.07.